The van der Waals surface area contributed by atoms with Crippen LogP contribution in [0.15, 0.2) is 12.4 Å². The molecule has 0 unspecified atom stereocenters. The lowest BCUT2D eigenvalue weighted by Gasteiger charge is -2.35. The van der Waals surface area contributed by atoms with Gasteiger partial charge in [0.1, 0.15) is 17.3 Å². The van der Waals surface area contributed by atoms with E-state index in [1.807, 2.05) is 0 Å². The number of nitrogens with one attached hydrogen (secondary N) is 1. The minimum atomic E-state index is 0.234. The fraction of sp³-hybridized carbons (Fsp3) is 0.667. The number of aromatic nitrogens is 2. The molecular weight excluding hydrogens is 238 g/mol. The van der Waals surface area contributed by atoms with Crippen LogP contribution in [0.1, 0.15) is 26.7 Å². The monoisotopic (exact) mass is 255 g/mol. The van der Waals surface area contributed by atoms with Gasteiger partial charge in [0.25, 0.3) is 0 Å². The minimum absolute atomic E-state index is 0.234. The number of rotatable bonds is 3. The maximum atomic E-state index is 5.84. The highest BCUT2D eigenvalue weighted by Crippen LogP contribution is 2.23. The Morgan fingerprint density at radius 1 is 1.47 bits per heavy atom. The summed E-state index contributed by atoms with van der Waals surface area (Å²) in [6.07, 6.45) is 3.89. The van der Waals surface area contributed by atoms with Gasteiger partial charge in [-0.2, -0.15) is 0 Å². The number of halogens is 1. The van der Waals surface area contributed by atoms with E-state index in [2.05, 4.69) is 29.1 Å². The molecule has 94 valence electrons. The molecule has 0 radical (unpaired) electrons. The molecular formula is C12H18ClN3O. The van der Waals surface area contributed by atoms with Gasteiger partial charge in [0.05, 0.1) is 12.1 Å². The maximum Gasteiger partial charge on any atom is 0.134 e. The third-order valence-corrected chi connectivity index (χ3v) is 3.20. The molecule has 1 aromatic heterocycles. The normalized spacial score (nSPS) is 24.9. The molecule has 2 heterocycles. The summed E-state index contributed by atoms with van der Waals surface area (Å²) in [6.45, 7) is 5.21. The van der Waals surface area contributed by atoms with Crippen LogP contribution in [0.3, 0.4) is 0 Å². The van der Waals surface area contributed by atoms with E-state index in [0.29, 0.717) is 17.1 Å². The van der Waals surface area contributed by atoms with Gasteiger partial charge in [-0.25, -0.2) is 9.97 Å². The van der Waals surface area contributed by atoms with Crippen LogP contribution in [0, 0.1) is 5.92 Å². The lowest BCUT2D eigenvalue weighted by molar-refractivity contribution is -0.0203. The molecule has 1 aromatic rings. The lowest BCUT2D eigenvalue weighted by atomic mass is 9.94. The molecule has 0 aliphatic carbocycles. The second kappa shape index (κ2) is 5.65. The van der Waals surface area contributed by atoms with Crippen molar-refractivity contribution in [2.75, 3.05) is 11.9 Å². The van der Waals surface area contributed by atoms with Crippen LogP contribution in [0.2, 0.25) is 5.15 Å². The third-order valence-electron chi connectivity index (χ3n) is 2.99. The Morgan fingerprint density at radius 3 is 3.00 bits per heavy atom. The van der Waals surface area contributed by atoms with E-state index < -0.39 is 0 Å². The Hall–Kier alpha value is -0.870. The predicted molar refractivity (Wildman–Crippen MR) is 68.3 cm³/mol. The molecule has 1 aliphatic rings. The van der Waals surface area contributed by atoms with Crippen LogP contribution in [-0.2, 0) is 4.74 Å². The fourth-order valence-electron chi connectivity index (χ4n) is 2.22. The number of hydrogen-bond donors (Lipinski definition) is 1. The van der Waals surface area contributed by atoms with Gasteiger partial charge in [-0.1, -0.05) is 25.4 Å². The average Bonchev–Trinajstić information content (AvgIpc) is 2.29. The smallest absolute Gasteiger partial charge is 0.134 e. The second-order valence-electron chi connectivity index (χ2n) is 4.70. The van der Waals surface area contributed by atoms with Gasteiger partial charge in [-0.05, 0) is 18.8 Å². The molecule has 4 nitrogen and oxygen atoms in total. The van der Waals surface area contributed by atoms with E-state index in [4.69, 9.17) is 16.3 Å². The van der Waals surface area contributed by atoms with E-state index in [0.717, 1.165) is 25.3 Å². The van der Waals surface area contributed by atoms with E-state index in [-0.39, 0.29) is 6.10 Å². The molecule has 1 aliphatic heterocycles. The molecule has 0 saturated carbocycles. The van der Waals surface area contributed by atoms with Gasteiger partial charge in [-0.3, -0.25) is 0 Å². The molecule has 0 aromatic carbocycles. The summed E-state index contributed by atoms with van der Waals surface area (Å²) in [6, 6.07) is 2.04. The van der Waals surface area contributed by atoms with Crippen LogP contribution in [0.4, 0.5) is 5.82 Å². The molecule has 0 amide bonds. The Balaban J connectivity index is 2.05. The molecule has 0 spiro atoms. The van der Waals surface area contributed by atoms with Crippen molar-refractivity contribution < 1.29 is 4.74 Å². The Bertz CT molecular complexity index is 373. The fourth-order valence-corrected chi connectivity index (χ4v) is 2.36. The Labute approximate surface area is 107 Å². The first-order chi connectivity index (χ1) is 8.16. The van der Waals surface area contributed by atoms with Crippen molar-refractivity contribution in [3.05, 3.63) is 17.5 Å². The van der Waals surface area contributed by atoms with Crippen LogP contribution in [0.5, 0.6) is 0 Å². The topological polar surface area (TPSA) is 47.0 Å². The Morgan fingerprint density at radius 2 is 2.29 bits per heavy atom. The molecule has 2 rings (SSSR count). The second-order valence-corrected chi connectivity index (χ2v) is 5.09. The van der Waals surface area contributed by atoms with Crippen molar-refractivity contribution in [1.82, 2.24) is 9.97 Å². The summed E-state index contributed by atoms with van der Waals surface area (Å²) in [5.41, 5.74) is 0. The summed E-state index contributed by atoms with van der Waals surface area (Å²) < 4.78 is 5.82. The molecule has 1 N–H and O–H groups in total. The number of ether oxygens (including phenoxy) is 1. The zero-order chi connectivity index (χ0) is 12.3. The molecule has 1 saturated heterocycles. The standard InChI is InChI=1S/C12H18ClN3O/c1-8(2)12-9(4-3-5-17-12)16-11-6-10(13)14-7-15-11/h6-9,12H,3-5H2,1-2H3,(H,14,15,16)/t9-,12-/m1/s1. The van der Waals surface area contributed by atoms with Crippen LogP contribution < -0.4 is 5.32 Å². The van der Waals surface area contributed by atoms with Gasteiger partial charge in [0.15, 0.2) is 0 Å². The highest BCUT2D eigenvalue weighted by molar-refractivity contribution is 6.29. The largest absolute Gasteiger partial charge is 0.376 e. The van der Waals surface area contributed by atoms with Gasteiger partial charge in [0.2, 0.25) is 0 Å². The van der Waals surface area contributed by atoms with Crippen LogP contribution in [0.25, 0.3) is 0 Å². The molecule has 5 heteroatoms. The Kier molecular flexibility index (Phi) is 4.18. The van der Waals surface area contributed by atoms with Gasteiger partial charge < -0.3 is 10.1 Å². The van der Waals surface area contributed by atoms with Crippen molar-refractivity contribution in [3.8, 4) is 0 Å². The van der Waals surface area contributed by atoms with Gasteiger partial charge in [-0.15, -0.1) is 0 Å². The first kappa shape index (κ1) is 12.6. The molecule has 17 heavy (non-hydrogen) atoms. The molecule has 0 bridgehead atoms. The summed E-state index contributed by atoms with van der Waals surface area (Å²) in [5.74, 6) is 1.26. The number of anilines is 1. The van der Waals surface area contributed by atoms with E-state index in [9.17, 15) is 0 Å². The van der Waals surface area contributed by atoms with E-state index in [1.54, 1.807) is 6.07 Å². The van der Waals surface area contributed by atoms with Crippen LogP contribution >= 0.6 is 11.6 Å². The van der Waals surface area contributed by atoms with Gasteiger partial charge in [0, 0.05) is 12.7 Å². The predicted octanol–water partition coefficient (Wildman–Crippen LogP) is 2.75. The minimum Gasteiger partial charge on any atom is -0.376 e. The van der Waals surface area contributed by atoms with Crippen molar-refractivity contribution in [2.24, 2.45) is 5.92 Å². The highest BCUT2D eigenvalue weighted by Gasteiger charge is 2.28. The molecule has 1 fully saturated rings. The van der Waals surface area contributed by atoms with Crippen LogP contribution in [-0.4, -0.2) is 28.7 Å². The number of nitrogens with zero attached hydrogens (tertiary/aromatic N) is 2. The number of hydrogen-bond acceptors (Lipinski definition) is 4. The summed E-state index contributed by atoms with van der Waals surface area (Å²) in [7, 11) is 0. The van der Waals surface area contributed by atoms with Crippen molar-refractivity contribution in [2.45, 2.75) is 38.8 Å². The lowest BCUT2D eigenvalue weighted by Crippen LogP contribution is -2.43. The summed E-state index contributed by atoms with van der Waals surface area (Å²) in [4.78, 5) is 8.04. The van der Waals surface area contributed by atoms with Gasteiger partial charge >= 0.3 is 0 Å². The van der Waals surface area contributed by atoms with E-state index in [1.165, 1.54) is 6.33 Å². The zero-order valence-electron chi connectivity index (χ0n) is 10.2. The maximum absolute atomic E-state index is 5.84. The summed E-state index contributed by atoms with van der Waals surface area (Å²) >= 11 is 5.84. The quantitative estimate of drug-likeness (QED) is 0.844. The zero-order valence-corrected chi connectivity index (χ0v) is 10.9. The molecule has 2 atom stereocenters. The summed E-state index contributed by atoms with van der Waals surface area (Å²) in [5, 5.41) is 3.85. The third kappa shape index (κ3) is 3.30. The highest BCUT2D eigenvalue weighted by atomic mass is 35.5. The first-order valence-corrected chi connectivity index (χ1v) is 6.40. The first-order valence-electron chi connectivity index (χ1n) is 6.02. The van der Waals surface area contributed by atoms with Crippen molar-refractivity contribution >= 4 is 17.4 Å². The van der Waals surface area contributed by atoms with Crippen molar-refractivity contribution in [3.63, 3.8) is 0 Å². The van der Waals surface area contributed by atoms with Crippen molar-refractivity contribution in [1.29, 1.82) is 0 Å². The SMILES string of the molecule is CC(C)[C@H]1OCCC[C@H]1Nc1cc(Cl)ncn1. The average molecular weight is 256 g/mol. The van der Waals surface area contributed by atoms with E-state index >= 15 is 0 Å².